The van der Waals surface area contributed by atoms with Crippen LogP contribution in [0.3, 0.4) is 0 Å². The highest BCUT2D eigenvalue weighted by Gasteiger charge is 2.07. The van der Waals surface area contributed by atoms with E-state index in [0.29, 0.717) is 0 Å². The summed E-state index contributed by atoms with van der Waals surface area (Å²) >= 11 is 0. The molecule has 0 amide bonds. The topological polar surface area (TPSA) is 47.7 Å². The summed E-state index contributed by atoms with van der Waals surface area (Å²) in [5, 5.41) is 11.9. The van der Waals surface area contributed by atoms with Crippen LogP contribution in [-0.2, 0) is 20.6 Å². The predicted octanol–water partition coefficient (Wildman–Crippen LogP) is 1.00. The van der Waals surface area contributed by atoms with Gasteiger partial charge < -0.3 is 5.32 Å². The lowest BCUT2D eigenvalue weighted by atomic mass is 10.2. The Morgan fingerprint density at radius 3 is 2.75 bits per heavy atom. The number of hydrogen-bond acceptors (Lipinski definition) is 3. The SMILES string of the molecule is CC(NCc1ccn(C)n1)c1cnn(C)c1. The second kappa shape index (κ2) is 4.49. The maximum absolute atomic E-state index is 4.31. The number of hydrogen-bond donors (Lipinski definition) is 1. The summed E-state index contributed by atoms with van der Waals surface area (Å²) in [5.74, 6) is 0. The van der Waals surface area contributed by atoms with Gasteiger partial charge in [-0.15, -0.1) is 0 Å². The van der Waals surface area contributed by atoms with Crippen molar-refractivity contribution in [3.63, 3.8) is 0 Å². The molecule has 0 aliphatic heterocycles. The highest BCUT2D eigenvalue weighted by Crippen LogP contribution is 2.10. The maximum atomic E-state index is 4.31. The van der Waals surface area contributed by atoms with Gasteiger partial charge in [0.1, 0.15) is 0 Å². The molecule has 5 heteroatoms. The van der Waals surface area contributed by atoms with Crippen molar-refractivity contribution in [1.29, 1.82) is 0 Å². The van der Waals surface area contributed by atoms with Crippen molar-refractivity contribution in [3.8, 4) is 0 Å². The second-order valence-corrected chi connectivity index (χ2v) is 4.03. The average molecular weight is 219 g/mol. The van der Waals surface area contributed by atoms with Gasteiger partial charge in [0.05, 0.1) is 11.9 Å². The van der Waals surface area contributed by atoms with Gasteiger partial charge in [-0.05, 0) is 13.0 Å². The molecular formula is C11H17N5. The quantitative estimate of drug-likeness (QED) is 0.834. The molecule has 0 aromatic carbocycles. The van der Waals surface area contributed by atoms with Gasteiger partial charge in [-0.3, -0.25) is 9.36 Å². The van der Waals surface area contributed by atoms with E-state index in [2.05, 4.69) is 22.4 Å². The number of aryl methyl sites for hydroxylation is 2. The molecule has 0 saturated heterocycles. The van der Waals surface area contributed by atoms with Gasteiger partial charge in [-0.25, -0.2) is 0 Å². The molecule has 0 aliphatic rings. The number of nitrogens with zero attached hydrogens (tertiary/aromatic N) is 4. The fourth-order valence-corrected chi connectivity index (χ4v) is 1.60. The van der Waals surface area contributed by atoms with E-state index in [9.17, 15) is 0 Å². The van der Waals surface area contributed by atoms with Gasteiger partial charge in [-0.1, -0.05) is 0 Å². The minimum atomic E-state index is 0.288. The number of rotatable bonds is 4. The molecule has 0 bridgehead atoms. The van der Waals surface area contributed by atoms with Crippen molar-refractivity contribution < 1.29 is 0 Å². The van der Waals surface area contributed by atoms with Crippen LogP contribution in [0.5, 0.6) is 0 Å². The van der Waals surface area contributed by atoms with Crippen LogP contribution in [0, 0.1) is 0 Å². The minimum Gasteiger partial charge on any atom is -0.304 e. The van der Waals surface area contributed by atoms with Gasteiger partial charge in [0.25, 0.3) is 0 Å². The molecule has 5 nitrogen and oxygen atoms in total. The number of nitrogens with one attached hydrogen (secondary N) is 1. The van der Waals surface area contributed by atoms with Crippen molar-refractivity contribution >= 4 is 0 Å². The van der Waals surface area contributed by atoms with Crippen LogP contribution >= 0.6 is 0 Å². The molecule has 0 saturated carbocycles. The van der Waals surface area contributed by atoms with Crippen LogP contribution in [0.25, 0.3) is 0 Å². The first-order valence-corrected chi connectivity index (χ1v) is 5.35. The molecule has 0 spiro atoms. The summed E-state index contributed by atoms with van der Waals surface area (Å²) in [4.78, 5) is 0. The van der Waals surface area contributed by atoms with E-state index in [1.54, 1.807) is 0 Å². The Bertz CT molecular complexity index is 456. The summed E-state index contributed by atoms with van der Waals surface area (Å²) in [6.07, 6.45) is 5.86. The van der Waals surface area contributed by atoms with Crippen LogP contribution in [0.2, 0.25) is 0 Å². The Morgan fingerprint density at radius 2 is 2.19 bits per heavy atom. The zero-order valence-corrected chi connectivity index (χ0v) is 9.88. The molecule has 2 heterocycles. The Kier molecular flexibility index (Phi) is 3.05. The predicted molar refractivity (Wildman–Crippen MR) is 61.7 cm³/mol. The fourth-order valence-electron chi connectivity index (χ4n) is 1.60. The lowest BCUT2D eigenvalue weighted by Crippen LogP contribution is -2.18. The maximum Gasteiger partial charge on any atom is 0.0762 e. The standard InChI is InChI=1S/C11H17N5/c1-9(10-6-13-16(3)8-10)12-7-11-4-5-15(2)14-11/h4-6,8-9,12H,7H2,1-3H3. The van der Waals surface area contributed by atoms with Crippen LogP contribution in [0.15, 0.2) is 24.7 Å². The molecule has 0 fully saturated rings. The number of aromatic nitrogens is 4. The molecule has 1 N–H and O–H groups in total. The largest absolute Gasteiger partial charge is 0.304 e. The third kappa shape index (κ3) is 2.49. The van der Waals surface area contributed by atoms with E-state index in [1.165, 1.54) is 5.56 Å². The Labute approximate surface area is 95.1 Å². The summed E-state index contributed by atoms with van der Waals surface area (Å²) in [6, 6.07) is 2.30. The van der Waals surface area contributed by atoms with Gasteiger partial charge >= 0.3 is 0 Å². The van der Waals surface area contributed by atoms with Gasteiger partial charge in [0, 0.05) is 44.6 Å². The Balaban J connectivity index is 1.91. The molecule has 16 heavy (non-hydrogen) atoms. The van der Waals surface area contributed by atoms with E-state index < -0.39 is 0 Å². The molecule has 86 valence electrons. The molecule has 0 radical (unpaired) electrons. The fraction of sp³-hybridized carbons (Fsp3) is 0.455. The molecular weight excluding hydrogens is 202 g/mol. The normalized spacial score (nSPS) is 12.9. The van der Waals surface area contributed by atoms with Crippen LogP contribution in [-0.4, -0.2) is 19.6 Å². The molecule has 2 aromatic rings. The molecule has 2 aromatic heterocycles. The molecule has 1 atom stereocenters. The zero-order chi connectivity index (χ0) is 11.5. The summed E-state index contributed by atoms with van der Waals surface area (Å²) in [7, 11) is 3.85. The van der Waals surface area contributed by atoms with Crippen molar-refractivity contribution in [2.45, 2.75) is 19.5 Å². The molecule has 2 rings (SSSR count). The summed E-state index contributed by atoms with van der Waals surface area (Å²) < 4.78 is 3.63. The first kappa shape index (κ1) is 10.9. The minimum absolute atomic E-state index is 0.288. The zero-order valence-electron chi connectivity index (χ0n) is 9.88. The average Bonchev–Trinajstić information content (AvgIpc) is 2.84. The van der Waals surface area contributed by atoms with E-state index in [0.717, 1.165) is 12.2 Å². The highest BCUT2D eigenvalue weighted by atomic mass is 15.3. The molecule has 1 unspecified atom stereocenters. The summed E-state index contributed by atoms with van der Waals surface area (Å²) in [5.41, 5.74) is 2.25. The van der Waals surface area contributed by atoms with Gasteiger partial charge in [0.15, 0.2) is 0 Å². The lowest BCUT2D eigenvalue weighted by Gasteiger charge is -2.10. The van der Waals surface area contributed by atoms with E-state index in [1.807, 2.05) is 48.1 Å². The highest BCUT2D eigenvalue weighted by molar-refractivity contribution is 5.09. The van der Waals surface area contributed by atoms with Crippen LogP contribution < -0.4 is 5.32 Å². The lowest BCUT2D eigenvalue weighted by molar-refractivity contribution is 0.561. The third-order valence-electron chi connectivity index (χ3n) is 2.58. The smallest absolute Gasteiger partial charge is 0.0762 e. The van der Waals surface area contributed by atoms with Crippen molar-refractivity contribution in [2.24, 2.45) is 14.1 Å². The van der Waals surface area contributed by atoms with E-state index >= 15 is 0 Å². The van der Waals surface area contributed by atoms with E-state index in [-0.39, 0.29) is 6.04 Å². The van der Waals surface area contributed by atoms with Crippen molar-refractivity contribution in [1.82, 2.24) is 24.9 Å². The summed E-state index contributed by atoms with van der Waals surface area (Å²) in [6.45, 7) is 2.90. The van der Waals surface area contributed by atoms with Gasteiger partial charge in [-0.2, -0.15) is 10.2 Å². The molecule has 0 aliphatic carbocycles. The second-order valence-electron chi connectivity index (χ2n) is 4.03. The van der Waals surface area contributed by atoms with Crippen LogP contribution in [0.4, 0.5) is 0 Å². The van der Waals surface area contributed by atoms with Gasteiger partial charge in [0.2, 0.25) is 0 Å². The first-order valence-electron chi connectivity index (χ1n) is 5.35. The van der Waals surface area contributed by atoms with E-state index in [4.69, 9.17) is 0 Å². The third-order valence-corrected chi connectivity index (χ3v) is 2.58. The Hall–Kier alpha value is -1.62. The monoisotopic (exact) mass is 219 g/mol. The Morgan fingerprint density at radius 1 is 1.38 bits per heavy atom. The van der Waals surface area contributed by atoms with Crippen molar-refractivity contribution in [3.05, 3.63) is 35.9 Å². The first-order chi connectivity index (χ1) is 7.65. The van der Waals surface area contributed by atoms with Crippen molar-refractivity contribution in [2.75, 3.05) is 0 Å². The van der Waals surface area contributed by atoms with Crippen LogP contribution in [0.1, 0.15) is 24.2 Å².